The Hall–Kier alpha value is -1.10. The number of amides is 2. The summed E-state index contributed by atoms with van der Waals surface area (Å²) in [5, 5.41) is 5.61. The predicted molar refractivity (Wildman–Crippen MR) is 56.5 cm³/mol. The first-order chi connectivity index (χ1) is 7.00. The van der Waals surface area contributed by atoms with Crippen LogP contribution in [0.15, 0.2) is 0 Å². The number of nitrogens with one attached hydrogen (secondary N) is 2. The van der Waals surface area contributed by atoms with Gasteiger partial charge in [-0.05, 0) is 13.3 Å². The molecule has 15 heavy (non-hydrogen) atoms. The second-order valence-electron chi connectivity index (χ2n) is 3.81. The Bertz CT molecular complexity index is 249. The van der Waals surface area contributed by atoms with Gasteiger partial charge in [0.2, 0.25) is 11.8 Å². The predicted octanol–water partition coefficient (Wildman–Crippen LogP) is -0.158. The van der Waals surface area contributed by atoms with Crippen molar-refractivity contribution in [2.45, 2.75) is 32.5 Å². The summed E-state index contributed by atoms with van der Waals surface area (Å²) < 4.78 is 0. The van der Waals surface area contributed by atoms with Gasteiger partial charge in [-0.2, -0.15) is 0 Å². The Morgan fingerprint density at radius 2 is 1.87 bits per heavy atom. The number of carbonyl (C=O) groups is 2. The van der Waals surface area contributed by atoms with Crippen molar-refractivity contribution in [1.29, 1.82) is 0 Å². The highest BCUT2D eigenvalue weighted by Gasteiger charge is 2.41. The molecule has 1 aliphatic rings. The SMILES string of the molecule is [CH2]CN1CCCC1(NC(C)=O)NC(C)=O. The minimum absolute atomic E-state index is 0.149. The third-order valence-electron chi connectivity index (χ3n) is 2.54. The van der Waals surface area contributed by atoms with E-state index in [2.05, 4.69) is 17.6 Å². The van der Waals surface area contributed by atoms with Crippen LogP contribution in [0.3, 0.4) is 0 Å². The summed E-state index contributed by atoms with van der Waals surface area (Å²) in [6, 6.07) is 0. The second kappa shape index (κ2) is 4.61. The van der Waals surface area contributed by atoms with E-state index in [4.69, 9.17) is 0 Å². The van der Waals surface area contributed by atoms with Gasteiger partial charge in [0.1, 0.15) is 0 Å². The van der Waals surface area contributed by atoms with Crippen LogP contribution in [-0.2, 0) is 9.59 Å². The molecule has 0 spiro atoms. The van der Waals surface area contributed by atoms with Crippen LogP contribution in [-0.4, -0.2) is 35.6 Å². The molecule has 1 saturated heterocycles. The van der Waals surface area contributed by atoms with Crippen molar-refractivity contribution >= 4 is 11.8 Å². The molecule has 0 saturated carbocycles. The van der Waals surface area contributed by atoms with Gasteiger partial charge in [-0.15, -0.1) is 0 Å². The van der Waals surface area contributed by atoms with E-state index in [-0.39, 0.29) is 11.8 Å². The summed E-state index contributed by atoms with van der Waals surface area (Å²) in [5.74, 6) is -1.02. The second-order valence-corrected chi connectivity index (χ2v) is 3.81. The maximum atomic E-state index is 11.1. The molecule has 1 aliphatic heterocycles. The molecule has 1 radical (unpaired) electrons. The molecule has 2 N–H and O–H groups in total. The van der Waals surface area contributed by atoms with Gasteiger partial charge in [-0.25, -0.2) is 0 Å². The summed E-state index contributed by atoms with van der Waals surface area (Å²) in [7, 11) is 0. The Kier molecular flexibility index (Phi) is 3.68. The Morgan fingerprint density at radius 1 is 1.33 bits per heavy atom. The zero-order chi connectivity index (χ0) is 11.5. The monoisotopic (exact) mass is 212 g/mol. The van der Waals surface area contributed by atoms with Gasteiger partial charge in [0.15, 0.2) is 5.79 Å². The van der Waals surface area contributed by atoms with E-state index in [0.29, 0.717) is 6.54 Å². The smallest absolute Gasteiger partial charge is 0.219 e. The number of rotatable bonds is 3. The van der Waals surface area contributed by atoms with E-state index in [1.807, 2.05) is 4.90 Å². The molecule has 85 valence electrons. The molecule has 1 rings (SSSR count). The van der Waals surface area contributed by atoms with Crippen LogP contribution >= 0.6 is 0 Å². The zero-order valence-corrected chi connectivity index (χ0v) is 9.30. The highest BCUT2D eigenvalue weighted by Crippen LogP contribution is 2.23. The first-order valence-electron chi connectivity index (χ1n) is 5.12. The molecule has 5 heteroatoms. The average Bonchev–Trinajstić information content (AvgIpc) is 2.44. The van der Waals surface area contributed by atoms with Crippen molar-refractivity contribution in [1.82, 2.24) is 15.5 Å². The van der Waals surface area contributed by atoms with Gasteiger partial charge in [0.05, 0.1) is 0 Å². The maximum absolute atomic E-state index is 11.1. The summed E-state index contributed by atoms with van der Waals surface area (Å²) in [4.78, 5) is 24.2. The van der Waals surface area contributed by atoms with Gasteiger partial charge in [0, 0.05) is 33.4 Å². The number of likely N-dealkylation sites (tertiary alicyclic amines) is 1. The first kappa shape index (κ1) is 12.0. The fraction of sp³-hybridized carbons (Fsp3) is 0.700. The highest BCUT2D eigenvalue weighted by molar-refractivity contribution is 5.77. The molecule has 0 aromatic rings. The molecule has 5 nitrogen and oxygen atoms in total. The van der Waals surface area contributed by atoms with E-state index in [1.54, 1.807) is 0 Å². The van der Waals surface area contributed by atoms with Gasteiger partial charge in [0.25, 0.3) is 0 Å². The van der Waals surface area contributed by atoms with E-state index in [9.17, 15) is 9.59 Å². The quantitative estimate of drug-likeness (QED) is 0.639. The van der Waals surface area contributed by atoms with Gasteiger partial charge < -0.3 is 10.6 Å². The van der Waals surface area contributed by atoms with Crippen LogP contribution < -0.4 is 10.6 Å². The van der Waals surface area contributed by atoms with E-state index < -0.39 is 5.79 Å². The molecule has 0 aromatic carbocycles. The molecule has 0 aromatic heterocycles. The largest absolute Gasteiger partial charge is 0.321 e. The number of hydrogen-bond donors (Lipinski definition) is 2. The van der Waals surface area contributed by atoms with Gasteiger partial charge in [-0.1, -0.05) is 0 Å². The lowest BCUT2D eigenvalue weighted by molar-refractivity contribution is -0.128. The van der Waals surface area contributed by atoms with Crippen LogP contribution in [0.5, 0.6) is 0 Å². The molecule has 1 heterocycles. The summed E-state index contributed by atoms with van der Waals surface area (Å²) in [6.07, 6.45) is 1.66. The minimum Gasteiger partial charge on any atom is -0.321 e. The van der Waals surface area contributed by atoms with E-state index in [1.165, 1.54) is 13.8 Å². The summed E-state index contributed by atoms with van der Waals surface area (Å²) >= 11 is 0. The molecular formula is C10H18N3O2. The molecular weight excluding hydrogens is 194 g/mol. The van der Waals surface area contributed by atoms with Crippen molar-refractivity contribution < 1.29 is 9.59 Å². The van der Waals surface area contributed by atoms with Crippen LogP contribution in [0, 0.1) is 6.92 Å². The van der Waals surface area contributed by atoms with Crippen LogP contribution in [0.4, 0.5) is 0 Å². The Labute approximate surface area is 90.2 Å². The zero-order valence-electron chi connectivity index (χ0n) is 9.30. The summed E-state index contributed by atoms with van der Waals surface area (Å²) in [6.45, 7) is 8.09. The fourth-order valence-corrected chi connectivity index (χ4v) is 2.07. The van der Waals surface area contributed by atoms with Crippen molar-refractivity contribution in [3.8, 4) is 0 Å². The number of nitrogens with zero attached hydrogens (tertiary/aromatic N) is 1. The van der Waals surface area contributed by atoms with Crippen molar-refractivity contribution in [2.24, 2.45) is 0 Å². The summed E-state index contributed by atoms with van der Waals surface area (Å²) in [5.41, 5.74) is 0. The van der Waals surface area contributed by atoms with Crippen LogP contribution in [0.1, 0.15) is 26.7 Å². The van der Waals surface area contributed by atoms with E-state index >= 15 is 0 Å². The maximum Gasteiger partial charge on any atom is 0.219 e. The lowest BCUT2D eigenvalue weighted by Gasteiger charge is -2.38. The standard InChI is InChI=1S/C10H18N3O2/c1-4-13-7-5-6-10(13,11-8(2)14)12-9(3)15/h1,4-7H2,2-3H3,(H,11,14)(H,12,15). The molecule has 1 fully saturated rings. The molecule has 0 aliphatic carbocycles. The van der Waals surface area contributed by atoms with Crippen molar-refractivity contribution in [2.75, 3.05) is 13.1 Å². The average molecular weight is 212 g/mol. The highest BCUT2D eigenvalue weighted by atomic mass is 16.2. The lowest BCUT2D eigenvalue weighted by Crippen LogP contribution is -2.66. The van der Waals surface area contributed by atoms with E-state index in [0.717, 1.165) is 19.4 Å². The Balaban J connectivity index is 2.83. The van der Waals surface area contributed by atoms with Crippen molar-refractivity contribution in [3.05, 3.63) is 6.92 Å². The first-order valence-corrected chi connectivity index (χ1v) is 5.12. The third-order valence-corrected chi connectivity index (χ3v) is 2.54. The molecule has 0 atom stereocenters. The number of carbonyl (C=O) groups excluding carboxylic acids is 2. The van der Waals surface area contributed by atoms with Crippen LogP contribution in [0.2, 0.25) is 0 Å². The normalized spacial score (nSPS) is 19.9. The topological polar surface area (TPSA) is 61.4 Å². The Morgan fingerprint density at radius 3 is 2.27 bits per heavy atom. The number of hydrogen-bond acceptors (Lipinski definition) is 3. The van der Waals surface area contributed by atoms with Crippen LogP contribution in [0.25, 0.3) is 0 Å². The van der Waals surface area contributed by atoms with Crippen molar-refractivity contribution in [3.63, 3.8) is 0 Å². The molecule has 2 amide bonds. The van der Waals surface area contributed by atoms with Gasteiger partial charge in [-0.3, -0.25) is 14.5 Å². The molecule has 0 unspecified atom stereocenters. The minimum atomic E-state index is -0.723. The fourth-order valence-electron chi connectivity index (χ4n) is 2.07. The molecule has 0 bridgehead atoms. The third kappa shape index (κ3) is 2.68. The lowest BCUT2D eigenvalue weighted by atomic mass is 10.2. The van der Waals surface area contributed by atoms with Gasteiger partial charge >= 0.3 is 0 Å².